The van der Waals surface area contributed by atoms with E-state index in [0.29, 0.717) is 5.41 Å². The second-order valence-corrected chi connectivity index (χ2v) is 5.10. The molecule has 0 heterocycles. The molecule has 0 aliphatic carbocycles. The van der Waals surface area contributed by atoms with Crippen molar-refractivity contribution in [2.45, 2.75) is 40.5 Å². The van der Waals surface area contributed by atoms with Crippen molar-refractivity contribution >= 4 is 0 Å². The average molecular weight is 280 g/mol. The maximum atomic E-state index is 9.32. The first-order valence-electron chi connectivity index (χ1n) is 5.09. The molecule has 0 aliphatic heterocycles. The molecule has 0 amide bonds. The van der Waals surface area contributed by atoms with Gasteiger partial charge in [0.2, 0.25) is 0 Å². The molecule has 0 fully saturated rings. The molecule has 0 unspecified atom stereocenters. The Morgan fingerprint density at radius 1 is 1.33 bits per heavy atom. The molecule has 0 bridgehead atoms. The summed E-state index contributed by atoms with van der Waals surface area (Å²) in [6.07, 6.45) is 2.21. The van der Waals surface area contributed by atoms with Gasteiger partial charge in [0.15, 0.2) is 0 Å². The summed E-state index contributed by atoms with van der Waals surface area (Å²) in [6.45, 7) is 8.63. The van der Waals surface area contributed by atoms with E-state index in [1.165, 1.54) is 5.56 Å². The Kier molecular flexibility index (Phi) is 6.06. The number of phenols is 1. The second-order valence-electron chi connectivity index (χ2n) is 5.10. The predicted octanol–water partition coefficient (Wildman–Crippen LogP) is 3.48. The molecule has 1 aromatic rings. The fourth-order valence-corrected chi connectivity index (χ4v) is 1.33. The first-order valence-corrected chi connectivity index (χ1v) is 5.09. The van der Waals surface area contributed by atoms with Crippen LogP contribution >= 0.6 is 0 Å². The van der Waals surface area contributed by atoms with Gasteiger partial charge in [-0.15, -0.1) is 11.6 Å². The molecular formula is C13H19OY-. The molecule has 1 rings (SSSR count). The molecule has 0 saturated heterocycles. The molecule has 2 heteroatoms. The molecule has 0 spiro atoms. The molecule has 1 radical (unpaired) electrons. The van der Waals surface area contributed by atoms with Crippen LogP contribution in [0.2, 0.25) is 0 Å². The fraction of sp³-hybridized carbons (Fsp3) is 0.538. The fourth-order valence-electron chi connectivity index (χ4n) is 1.33. The Morgan fingerprint density at radius 3 is 2.40 bits per heavy atom. The summed E-state index contributed by atoms with van der Waals surface area (Å²) < 4.78 is 0. The van der Waals surface area contributed by atoms with E-state index in [1.54, 1.807) is 0 Å². The first-order chi connectivity index (χ1) is 6.38. The van der Waals surface area contributed by atoms with E-state index in [-0.39, 0.29) is 38.5 Å². The molecule has 81 valence electrons. The van der Waals surface area contributed by atoms with Crippen molar-refractivity contribution < 1.29 is 37.8 Å². The van der Waals surface area contributed by atoms with E-state index in [4.69, 9.17) is 0 Å². The van der Waals surface area contributed by atoms with Gasteiger partial charge in [-0.3, -0.25) is 0 Å². The second kappa shape index (κ2) is 6.01. The summed E-state index contributed by atoms with van der Waals surface area (Å²) in [6, 6.07) is 6.78. The Labute approximate surface area is 118 Å². The molecule has 1 N–H and O–H groups in total. The van der Waals surface area contributed by atoms with Crippen molar-refractivity contribution in [2.24, 2.45) is 5.41 Å². The summed E-state index contributed by atoms with van der Waals surface area (Å²) in [5.41, 5.74) is 2.54. The van der Waals surface area contributed by atoms with E-state index in [2.05, 4.69) is 26.8 Å². The zero-order chi connectivity index (χ0) is 10.8. The topological polar surface area (TPSA) is 20.2 Å². The minimum absolute atomic E-state index is 0. The van der Waals surface area contributed by atoms with E-state index < -0.39 is 0 Å². The first kappa shape index (κ1) is 15.1. The number of benzene rings is 1. The molecule has 0 aromatic heterocycles. The van der Waals surface area contributed by atoms with Crippen LogP contribution in [-0.4, -0.2) is 5.11 Å². The van der Waals surface area contributed by atoms with Gasteiger partial charge in [0.05, 0.1) is 0 Å². The standard InChI is InChI=1S/C13H19O.Y/c1-10-9-11(5-6-12(10)14)7-8-13(2,3)4;/h5,9,14H,7-8H2,1-4H3;/q-1;. The van der Waals surface area contributed by atoms with Crippen molar-refractivity contribution in [3.8, 4) is 5.75 Å². The minimum Gasteiger partial charge on any atom is -0.534 e. The summed E-state index contributed by atoms with van der Waals surface area (Å²) in [5, 5.41) is 9.32. The van der Waals surface area contributed by atoms with Crippen LogP contribution in [-0.2, 0) is 39.1 Å². The van der Waals surface area contributed by atoms with Crippen LogP contribution in [0.25, 0.3) is 0 Å². The van der Waals surface area contributed by atoms with E-state index in [1.807, 2.05) is 19.1 Å². The molecule has 0 saturated carbocycles. The quantitative estimate of drug-likeness (QED) is 0.822. The third-order valence-corrected chi connectivity index (χ3v) is 2.33. The normalized spacial score (nSPS) is 10.9. The van der Waals surface area contributed by atoms with Gasteiger partial charge in [-0.2, -0.15) is 17.7 Å². The third kappa shape index (κ3) is 5.68. The van der Waals surface area contributed by atoms with Crippen LogP contribution in [0.1, 0.15) is 38.3 Å². The van der Waals surface area contributed by atoms with Crippen LogP contribution in [0.4, 0.5) is 0 Å². The number of rotatable bonds is 2. The van der Waals surface area contributed by atoms with Crippen molar-refractivity contribution in [1.82, 2.24) is 0 Å². The number of phenolic OH excluding ortho intramolecular Hbond substituents is 1. The van der Waals surface area contributed by atoms with Crippen LogP contribution in [0.5, 0.6) is 5.75 Å². The molecule has 0 aliphatic rings. The van der Waals surface area contributed by atoms with E-state index in [0.717, 1.165) is 18.4 Å². The van der Waals surface area contributed by atoms with Gasteiger partial charge in [0.25, 0.3) is 0 Å². The van der Waals surface area contributed by atoms with Crippen molar-refractivity contribution in [3.05, 3.63) is 29.3 Å². The van der Waals surface area contributed by atoms with Crippen LogP contribution in [0, 0.1) is 18.4 Å². The number of hydrogen-bond donors (Lipinski definition) is 1. The number of aryl methyl sites for hydroxylation is 2. The molecule has 15 heavy (non-hydrogen) atoms. The molecule has 0 atom stereocenters. The van der Waals surface area contributed by atoms with Gasteiger partial charge in [0, 0.05) is 38.5 Å². The Balaban J connectivity index is 0.00000196. The SMILES string of the molecule is Cc1cc(CCC(C)(C)C)c[c-]c1O.[Y]. The number of hydrogen-bond acceptors (Lipinski definition) is 1. The van der Waals surface area contributed by atoms with Crippen molar-refractivity contribution in [2.75, 3.05) is 0 Å². The van der Waals surface area contributed by atoms with Crippen molar-refractivity contribution in [3.63, 3.8) is 0 Å². The minimum atomic E-state index is 0. The van der Waals surface area contributed by atoms with Gasteiger partial charge in [-0.25, -0.2) is 0 Å². The predicted molar refractivity (Wildman–Crippen MR) is 59.5 cm³/mol. The van der Waals surface area contributed by atoms with Crippen LogP contribution in [0.15, 0.2) is 12.1 Å². The Hall–Kier alpha value is 0.124. The van der Waals surface area contributed by atoms with E-state index in [9.17, 15) is 5.11 Å². The summed E-state index contributed by atoms with van der Waals surface area (Å²) >= 11 is 0. The Morgan fingerprint density at radius 2 is 1.93 bits per heavy atom. The molecular weight excluding hydrogens is 261 g/mol. The van der Waals surface area contributed by atoms with Crippen LogP contribution in [0.3, 0.4) is 0 Å². The maximum absolute atomic E-state index is 9.32. The summed E-state index contributed by atoms with van der Waals surface area (Å²) in [7, 11) is 0. The molecule has 1 aromatic carbocycles. The third-order valence-electron chi connectivity index (χ3n) is 2.33. The maximum Gasteiger partial charge on any atom is 0.00685 e. The summed E-state index contributed by atoms with van der Waals surface area (Å²) in [5.74, 6) is 0.268. The molecule has 1 nitrogen and oxygen atoms in total. The zero-order valence-corrected chi connectivity index (χ0v) is 12.9. The van der Waals surface area contributed by atoms with Crippen LogP contribution < -0.4 is 0 Å². The van der Waals surface area contributed by atoms with Gasteiger partial charge >= 0.3 is 0 Å². The Bertz CT molecular complexity index is 313. The number of aromatic hydroxyl groups is 1. The summed E-state index contributed by atoms with van der Waals surface area (Å²) in [4.78, 5) is 0. The van der Waals surface area contributed by atoms with Gasteiger partial charge < -0.3 is 5.11 Å². The van der Waals surface area contributed by atoms with Gasteiger partial charge in [0.1, 0.15) is 0 Å². The monoisotopic (exact) mass is 280 g/mol. The van der Waals surface area contributed by atoms with Gasteiger partial charge in [-0.1, -0.05) is 40.5 Å². The van der Waals surface area contributed by atoms with Crippen molar-refractivity contribution in [1.29, 1.82) is 0 Å². The smallest absolute Gasteiger partial charge is 0.00685 e. The largest absolute Gasteiger partial charge is 0.534 e. The zero-order valence-electron chi connectivity index (χ0n) is 10.1. The van der Waals surface area contributed by atoms with Gasteiger partial charge in [-0.05, 0) is 5.41 Å². The average Bonchev–Trinajstić information content (AvgIpc) is 2.06. The van der Waals surface area contributed by atoms with E-state index >= 15 is 0 Å².